The Kier molecular flexibility index (Phi) is 3.38. The second kappa shape index (κ2) is 4.10. The van der Waals surface area contributed by atoms with Crippen LogP contribution in [0.4, 0.5) is 0 Å². The van der Waals surface area contributed by atoms with E-state index >= 15 is 0 Å². The number of hydrogen-bond donors (Lipinski definition) is 1. The molecule has 1 rings (SSSR count). The van der Waals surface area contributed by atoms with E-state index in [2.05, 4.69) is 13.8 Å². The SMILES string of the molecule is CC(C)CC(O)CC1CCC1. The second-order valence-corrected chi connectivity index (χ2v) is 4.32. The average Bonchev–Trinajstić information content (AvgIpc) is 1.77. The fourth-order valence-corrected chi connectivity index (χ4v) is 1.75. The molecule has 1 unspecified atom stereocenters. The van der Waals surface area contributed by atoms with E-state index < -0.39 is 0 Å². The van der Waals surface area contributed by atoms with Gasteiger partial charge in [0.05, 0.1) is 6.10 Å². The number of aliphatic hydroxyl groups is 1. The van der Waals surface area contributed by atoms with Crippen LogP contribution in [0.15, 0.2) is 0 Å². The molecule has 0 aliphatic heterocycles. The van der Waals surface area contributed by atoms with Crippen molar-refractivity contribution >= 4 is 0 Å². The summed E-state index contributed by atoms with van der Waals surface area (Å²) in [6.45, 7) is 4.34. The van der Waals surface area contributed by atoms with E-state index in [9.17, 15) is 5.11 Å². The van der Waals surface area contributed by atoms with E-state index in [-0.39, 0.29) is 6.10 Å². The molecule has 66 valence electrons. The van der Waals surface area contributed by atoms with Gasteiger partial charge in [0.2, 0.25) is 0 Å². The Morgan fingerprint density at radius 3 is 2.36 bits per heavy atom. The number of rotatable bonds is 4. The summed E-state index contributed by atoms with van der Waals surface area (Å²) in [5.74, 6) is 1.49. The van der Waals surface area contributed by atoms with Crippen molar-refractivity contribution in [1.29, 1.82) is 0 Å². The van der Waals surface area contributed by atoms with E-state index in [0.717, 1.165) is 18.8 Å². The monoisotopic (exact) mass is 156 g/mol. The minimum Gasteiger partial charge on any atom is -0.393 e. The van der Waals surface area contributed by atoms with Crippen molar-refractivity contribution in [3.05, 3.63) is 0 Å². The lowest BCUT2D eigenvalue weighted by atomic mass is 9.80. The second-order valence-electron chi connectivity index (χ2n) is 4.32. The molecule has 0 radical (unpaired) electrons. The van der Waals surface area contributed by atoms with Crippen molar-refractivity contribution in [2.45, 2.75) is 52.1 Å². The average molecular weight is 156 g/mol. The molecular weight excluding hydrogens is 136 g/mol. The van der Waals surface area contributed by atoms with Crippen molar-refractivity contribution < 1.29 is 5.11 Å². The first-order chi connectivity index (χ1) is 5.18. The summed E-state index contributed by atoms with van der Waals surface area (Å²) in [6, 6.07) is 0. The molecule has 0 aromatic carbocycles. The zero-order valence-electron chi connectivity index (χ0n) is 7.71. The van der Waals surface area contributed by atoms with Crippen molar-refractivity contribution in [2.24, 2.45) is 11.8 Å². The molecule has 1 atom stereocenters. The lowest BCUT2D eigenvalue weighted by Gasteiger charge is -2.28. The molecule has 0 bridgehead atoms. The lowest BCUT2D eigenvalue weighted by Crippen LogP contribution is -2.20. The highest BCUT2D eigenvalue weighted by Crippen LogP contribution is 2.31. The Morgan fingerprint density at radius 2 is 2.00 bits per heavy atom. The fourth-order valence-electron chi connectivity index (χ4n) is 1.75. The zero-order chi connectivity index (χ0) is 8.27. The molecule has 0 saturated heterocycles. The van der Waals surface area contributed by atoms with Crippen LogP contribution < -0.4 is 0 Å². The topological polar surface area (TPSA) is 20.2 Å². The minimum atomic E-state index is -0.0275. The van der Waals surface area contributed by atoms with Crippen LogP contribution in [0.2, 0.25) is 0 Å². The molecule has 11 heavy (non-hydrogen) atoms. The summed E-state index contributed by atoms with van der Waals surface area (Å²) in [5, 5.41) is 9.56. The van der Waals surface area contributed by atoms with Crippen LogP contribution in [0.25, 0.3) is 0 Å². The Hall–Kier alpha value is -0.0400. The van der Waals surface area contributed by atoms with Gasteiger partial charge in [0.1, 0.15) is 0 Å². The fraction of sp³-hybridized carbons (Fsp3) is 1.00. The normalized spacial score (nSPS) is 21.8. The van der Waals surface area contributed by atoms with Gasteiger partial charge in [-0.3, -0.25) is 0 Å². The van der Waals surface area contributed by atoms with Crippen LogP contribution >= 0.6 is 0 Å². The van der Waals surface area contributed by atoms with Gasteiger partial charge in [-0.2, -0.15) is 0 Å². The lowest BCUT2D eigenvalue weighted by molar-refractivity contribution is 0.0987. The van der Waals surface area contributed by atoms with E-state index in [1.807, 2.05) is 0 Å². The van der Waals surface area contributed by atoms with E-state index in [4.69, 9.17) is 0 Å². The zero-order valence-corrected chi connectivity index (χ0v) is 7.71. The molecule has 1 aliphatic carbocycles. The molecule has 0 spiro atoms. The van der Waals surface area contributed by atoms with Gasteiger partial charge in [-0.25, -0.2) is 0 Å². The van der Waals surface area contributed by atoms with Gasteiger partial charge in [-0.1, -0.05) is 33.1 Å². The molecule has 1 fully saturated rings. The van der Waals surface area contributed by atoms with Crippen molar-refractivity contribution in [1.82, 2.24) is 0 Å². The first-order valence-corrected chi connectivity index (χ1v) is 4.86. The number of aliphatic hydroxyl groups excluding tert-OH is 1. The van der Waals surface area contributed by atoms with Gasteiger partial charge in [-0.15, -0.1) is 0 Å². The summed E-state index contributed by atoms with van der Waals surface area (Å²) in [4.78, 5) is 0. The van der Waals surface area contributed by atoms with Gasteiger partial charge >= 0.3 is 0 Å². The van der Waals surface area contributed by atoms with Crippen LogP contribution in [0, 0.1) is 11.8 Å². The Morgan fingerprint density at radius 1 is 1.36 bits per heavy atom. The molecule has 0 amide bonds. The predicted octanol–water partition coefficient (Wildman–Crippen LogP) is 2.58. The van der Waals surface area contributed by atoms with E-state index in [0.29, 0.717) is 5.92 Å². The molecule has 0 aromatic heterocycles. The van der Waals surface area contributed by atoms with Gasteiger partial charge < -0.3 is 5.11 Å². The van der Waals surface area contributed by atoms with Crippen molar-refractivity contribution in [2.75, 3.05) is 0 Å². The molecule has 1 nitrogen and oxygen atoms in total. The van der Waals surface area contributed by atoms with Gasteiger partial charge in [0.15, 0.2) is 0 Å². The largest absolute Gasteiger partial charge is 0.393 e. The van der Waals surface area contributed by atoms with Gasteiger partial charge in [-0.05, 0) is 24.7 Å². The van der Waals surface area contributed by atoms with Crippen LogP contribution in [0.5, 0.6) is 0 Å². The van der Waals surface area contributed by atoms with Crippen LogP contribution in [0.3, 0.4) is 0 Å². The summed E-state index contributed by atoms with van der Waals surface area (Å²) >= 11 is 0. The minimum absolute atomic E-state index is 0.0275. The van der Waals surface area contributed by atoms with Crippen LogP contribution in [-0.2, 0) is 0 Å². The molecule has 1 saturated carbocycles. The number of hydrogen-bond acceptors (Lipinski definition) is 1. The Labute approximate surface area is 69.8 Å². The maximum Gasteiger partial charge on any atom is 0.0545 e. The van der Waals surface area contributed by atoms with Crippen LogP contribution in [-0.4, -0.2) is 11.2 Å². The predicted molar refractivity (Wildman–Crippen MR) is 47.4 cm³/mol. The first-order valence-electron chi connectivity index (χ1n) is 4.86. The summed E-state index contributed by atoms with van der Waals surface area (Å²) in [5.41, 5.74) is 0. The Bertz CT molecular complexity index is 105. The molecule has 1 aliphatic rings. The maximum atomic E-state index is 9.56. The third kappa shape index (κ3) is 3.24. The molecule has 1 N–H and O–H groups in total. The molecular formula is C10H20O. The van der Waals surface area contributed by atoms with E-state index in [1.54, 1.807) is 0 Å². The highest BCUT2D eigenvalue weighted by atomic mass is 16.3. The highest BCUT2D eigenvalue weighted by molar-refractivity contribution is 4.73. The van der Waals surface area contributed by atoms with Crippen LogP contribution in [0.1, 0.15) is 46.0 Å². The molecule has 0 heterocycles. The molecule has 1 heteroatoms. The summed E-state index contributed by atoms with van der Waals surface area (Å²) in [6.07, 6.45) is 6.11. The quantitative estimate of drug-likeness (QED) is 0.663. The van der Waals surface area contributed by atoms with Gasteiger partial charge in [0.25, 0.3) is 0 Å². The smallest absolute Gasteiger partial charge is 0.0545 e. The van der Waals surface area contributed by atoms with Crippen molar-refractivity contribution in [3.63, 3.8) is 0 Å². The van der Waals surface area contributed by atoms with E-state index in [1.165, 1.54) is 19.3 Å². The van der Waals surface area contributed by atoms with Crippen molar-refractivity contribution in [3.8, 4) is 0 Å². The Balaban J connectivity index is 2.04. The first kappa shape index (κ1) is 9.05. The summed E-state index contributed by atoms with van der Waals surface area (Å²) < 4.78 is 0. The van der Waals surface area contributed by atoms with Gasteiger partial charge in [0, 0.05) is 0 Å². The third-order valence-corrected chi connectivity index (χ3v) is 2.57. The highest BCUT2D eigenvalue weighted by Gasteiger charge is 2.20. The third-order valence-electron chi connectivity index (χ3n) is 2.57. The maximum absolute atomic E-state index is 9.56. The summed E-state index contributed by atoms with van der Waals surface area (Å²) in [7, 11) is 0. The molecule has 0 aromatic rings. The standard InChI is InChI=1S/C10H20O/c1-8(2)6-10(11)7-9-4-3-5-9/h8-11H,3-7H2,1-2H3.